The summed E-state index contributed by atoms with van der Waals surface area (Å²) in [6.07, 6.45) is 7.06. The first-order valence-electron chi connectivity index (χ1n) is 8.03. The topological polar surface area (TPSA) is 128 Å². The summed E-state index contributed by atoms with van der Waals surface area (Å²) in [5.74, 6) is 0. The maximum absolute atomic E-state index is 6.00. The normalized spacial score (nSPS) is 14.4. The lowest BCUT2D eigenvalue weighted by atomic mass is 10.0. The summed E-state index contributed by atoms with van der Waals surface area (Å²) in [6.45, 7) is 4.79. The van der Waals surface area contributed by atoms with Gasteiger partial charge >= 0.3 is 0 Å². The highest BCUT2D eigenvalue weighted by molar-refractivity contribution is 4.67. The summed E-state index contributed by atoms with van der Waals surface area (Å²) < 4.78 is 0. The third-order valence-electron chi connectivity index (χ3n) is 3.36. The smallest absolute Gasteiger partial charge is 0.0165 e. The van der Waals surface area contributed by atoms with E-state index in [9.17, 15) is 0 Å². The van der Waals surface area contributed by atoms with Crippen molar-refractivity contribution >= 4 is 0 Å². The Morgan fingerprint density at radius 3 is 1.40 bits per heavy atom. The fourth-order valence-corrected chi connectivity index (χ4v) is 2.15. The predicted molar refractivity (Wildman–Crippen MR) is 87.5 cm³/mol. The number of nitrogens with two attached hydrogens (primary N) is 4. The highest BCUT2D eigenvalue weighted by Crippen LogP contribution is 2.07. The molecule has 0 spiro atoms. The van der Waals surface area contributed by atoms with Crippen molar-refractivity contribution in [3.63, 3.8) is 0 Å². The second-order valence-electron chi connectivity index (χ2n) is 5.50. The molecule has 0 aliphatic rings. The van der Waals surface area contributed by atoms with E-state index in [2.05, 4.69) is 10.6 Å². The molecule has 0 aromatic heterocycles. The molecule has 6 nitrogen and oxygen atoms in total. The molecule has 0 amide bonds. The van der Waals surface area contributed by atoms with Crippen molar-refractivity contribution in [2.24, 2.45) is 22.9 Å². The van der Waals surface area contributed by atoms with E-state index in [1.165, 1.54) is 25.7 Å². The number of unbranched alkanes of at least 4 members (excludes halogenated alkanes) is 3. The van der Waals surface area contributed by atoms with Crippen LogP contribution in [-0.4, -0.2) is 51.4 Å². The minimum absolute atomic E-state index is 0.254. The van der Waals surface area contributed by atoms with E-state index >= 15 is 0 Å². The number of hydrogen-bond donors (Lipinski definition) is 6. The average molecular weight is 288 g/mol. The van der Waals surface area contributed by atoms with Crippen LogP contribution in [0.4, 0.5) is 0 Å². The molecule has 20 heavy (non-hydrogen) atoms. The van der Waals surface area contributed by atoms with Crippen molar-refractivity contribution in [2.75, 3.05) is 39.3 Å². The van der Waals surface area contributed by atoms with Crippen LogP contribution < -0.4 is 33.6 Å². The molecule has 0 fully saturated rings. The summed E-state index contributed by atoms with van der Waals surface area (Å²) in [7, 11) is 0. The lowest BCUT2D eigenvalue weighted by Crippen LogP contribution is -2.36. The van der Waals surface area contributed by atoms with Gasteiger partial charge in [0, 0.05) is 51.4 Å². The summed E-state index contributed by atoms with van der Waals surface area (Å²) in [5, 5.41) is 6.49. The molecule has 2 unspecified atom stereocenters. The standard InChI is InChI=1S/C14H36N6/c15-7-9-19-11-13(17)5-3-1-2-4-6-14(18)12-20-10-8-16/h13-14,19-20H,1-12,15-18H2. The van der Waals surface area contributed by atoms with E-state index in [1.807, 2.05) is 0 Å². The van der Waals surface area contributed by atoms with Gasteiger partial charge < -0.3 is 33.6 Å². The largest absolute Gasteiger partial charge is 0.329 e. The van der Waals surface area contributed by atoms with Crippen LogP contribution in [0.15, 0.2) is 0 Å². The van der Waals surface area contributed by atoms with Crippen LogP contribution in [-0.2, 0) is 0 Å². The maximum atomic E-state index is 6.00. The molecule has 10 N–H and O–H groups in total. The first kappa shape index (κ1) is 19.8. The van der Waals surface area contributed by atoms with Crippen LogP contribution in [0, 0.1) is 0 Å². The monoisotopic (exact) mass is 288 g/mol. The summed E-state index contributed by atoms with van der Waals surface area (Å²) in [4.78, 5) is 0. The fraction of sp³-hybridized carbons (Fsp3) is 1.00. The molecule has 0 aromatic carbocycles. The van der Waals surface area contributed by atoms with Crippen molar-refractivity contribution < 1.29 is 0 Å². The number of hydrogen-bond acceptors (Lipinski definition) is 6. The highest BCUT2D eigenvalue weighted by Gasteiger charge is 2.03. The predicted octanol–water partition coefficient (Wildman–Crippen LogP) is -0.922. The van der Waals surface area contributed by atoms with Gasteiger partial charge in [0.2, 0.25) is 0 Å². The molecule has 122 valence electrons. The molecule has 0 aromatic rings. The van der Waals surface area contributed by atoms with E-state index in [0.717, 1.165) is 39.0 Å². The summed E-state index contributed by atoms with van der Waals surface area (Å²) in [5.41, 5.74) is 22.8. The van der Waals surface area contributed by atoms with E-state index in [-0.39, 0.29) is 12.1 Å². The van der Waals surface area contributed by atoms with E-state index in [0.29, 0.717) is 13.1 Å². The van der Waals surface area contributed by atoms with Crippen molar-refractivity contribution in [3.8, 4) is 0 Å². The molecule has 6 heteroatoms. The Labute approximate surface area is 124 Å². The van der Waals surface area contributed by atoms with Gasteiger partial charge in [0.1, 0.15) is 0 Å². The van der Waals surface area contributed by atoms with Gasteiger partial charge in [-0.2, -0.15) is 0 Å². The summed E-state index contributed by atoms with van der Waals surface area (Å²) in [6, 6.07) is 0.508. The van der Waals surface area contributed by atoms with Gasteiger partial charge in [0.25, 0.3) is 0 Å². The van der Waals surface area contributed by atoms with Gasteiger partial charge in [-0.25, -0.2) is 0 Å². The van der Waals surface area contributed by atoms with Gasteiger partial charge in [-0.1, -0.05) is 25.7 Å². The van der Waals surface area contributed by atoms with Crippen LogP contribution in [0.5, 0.6) is 0 Å². The molecule has 2 atom stereocenters. The molecule has 0 heterocycles. The molecular formula is C14H36N6. The Hall–Kier alpha value is -0.240. The molecule has 0 rings (SSSR count). The Bertz CT molecular complexity index is 171. The van der Waals surface area contributed by atoms with Crippen LogP contribution in [0.2, 0.25) is 0 Å². The van der Waals surface area contributed by atoms with Crippen LogP contribution >= 0.6 is 0 Å². The van der Waals surface area contributed by atoms with E-state index in [4.69, 9.17) is 22.9 Å². The van der Waals surface area contributed by atoms with Gasteiger partial charge in [0.05, 0.1) is 0 Å². The van der Waals surface area contributed by atoms with Gasteiger partial charge in [-0.3, -0.25) is 0 Å². The van der Waals surface area contributed by atoms with Crippen molar-refractivity contribution in [1.29, 1.82) is 0 Å². The Kier molecular flexibility index (Phi) is 15.0. The quantitative estimate of drug-likeness (QED) is 0.216. The van der Waals surface area contributed by atoms with Crippen molar-refractivity contribution in [3.05, 3.63) is 0 Å². The lowest BCUT2D eigenvalue weighted by molar-refractivity contribution is 0.485. The molecule has 0 bridgehead atoms. The van der Waals surface area contributed by atoms with Crippen LogP contribution in [0.25, 0.3) is 0 Å². The molecule has 0 saturated heterocycles. The third kappa shape index (κ3) is 14.2. The Morgan fingerprint density at radius 1 is 0.650 bits per heavy atom. The number of rotatable bonds is 15. The first-order chi connectivity index (χ1) is 9.70. The van der Waals surface area contributed by atoms with Crippen molar-refractivity contribution in [1.82, 2.24) is 10.6 Å². The van der Waals surface area contributed by atoms with E-state index in [1.54, 1.807) is 0 Å². The minimum atomic E-state index is 0.254. The molecule has 0 aliphatic carbocycles. The van der Waals surface area contributed by atoms with Crippen molar-refractivity contribution in [2.45, 2.75) is 50.6 Å². The zero-order valence-electron chi connectivity index (χ0n) is 12.9. The van der Waals surface area contributed by atoms with Crippen LogP contribution in [0.3, 0.4) is 0 Å². The SMILES string of the molecule is NCCNCC(N)CCCCCCC(N)CNCCN. The average Bonchev–Trinajstić information content (AvgIpc) is 2.43. The van der Waals surface area contributed by atoms with Gasteiger partial charge in [-0.15, -0.1) is 0 Å². The minimum Gasteiger partial charge on any atom is -0.329 e. The lowest BCUT2D eigenvalue weighted by Gasteiger charge is -2.13. The maximum Gasteiger partial charge on any atom is 0.0165 e. The molecular weight excluding hydrogens is 252 g/mol. The zero-order valence-corrected chi connectivity index (χ0v) is 12.9. The zero-order chi connectivity index (χ0) is 15.1. The number of nitrogens with one attached hydrogen (secondary N) is 2. The molecule has 0 saturated carbocycles. The Morgan fingerprint density at radius 2 is 1.05 bits per heavy atom. The first-order valence-corrected chi connectivity index (χ1v) is 8.03. The highest BCUT2D eigenvalue weighted by atomic mass is 14.9. The summed E-state index contributed by atoms with van der Waals surface area (Å²) >= 11 is 0. The third-order valence-corrected chi connectivity index (χ3v) is 3.36. The fourth-order valence-electron chi connectivity index (χ4n) is 2.15. The Balaban J connectivity index is 3.22. The molecule has 0 radical (unpaired) electrons. The van der Waals surface area contributed by atoms with Gasteiger partial charge in [-0.05, 0) is 12.8 Å². The van der Waals surface area contributed by atoms with E-state index < -0.39 is 0 Å². The van der Waals surface area contributed by atoms with Crippen LogP contribution in [0.1, 0.15) is 38.5 Å². The molecule has 0 aliphatic heterocycles. The second kappa shape index (κ2) is 15.2. The second-order valence-corrected chi connectivity index (χ2v) is 5.50. The van der Waals surface area contributed by atoms with Gasteiger partial charge in [0.15, 0.2) is 0 Å².